The van der Waals surface area contributed by atoms with Gasteiger partial charge >= 0.3 is 5.91 Å². The first-order valence-electron chi connectivity index (χ1n) is 10.8. The number of para-hydroxylation sites is 2. The smallest absolute Gasteiger partial charge is 0.300 e. The summed E-state index contributed by atoms with van der Waals surface area (Å²) in [6, 6.07) is 13.8. The molecule has 1 fully saturated rings. The highest BCUT2D eigenvalue weighted by Crippen LogP contribution is 2.53. The van der Waals surface area contributed by atoms with Crippen molar-refractivity contribution in [3.63, 3.8) is 0 Å². The van der Waals surface area contributed by atoms with Gasteiger partial charge in [0.05, 0.1) is 16.8 Å². The molecule has 1 aliphatic carbocycles. The molecule has 2 amide bonds. The zero-order chi connectivity index (χ0) is 24.4. The monoisotopic (exact) mass is 458 g/mol. The van der Waals surface area contributed by atoms with Crippen molar-refractivity contribution in [1.29, 1.82) is 0 Å². The number of aromatic hydroxyl groups is 1. The number of allylic oxidation sites excluding steroid dienone is 1. The molecule has 0 radical (unpaired) electrons. The first-order chi connectivity index (χ1) is 16.1. The number of fused-ring (bicyclic) bond motifs is 1. The number of phenolic OH excluding ortho intramolecular Hbond substituents is 1. The third kappa shape index (κ3) is 2.78. The van der Waals surface area contributed by atoms with Crippen molar-refractivity contribution in [1.82, 2.24) is 5.32 Å². The summed E-state index contributed by atoms with van der Waals surface area (Å²) in [6.45, 7) is 3.77. The van der Waals surface area contributed by atoms with Crippen molar-refractivity contribution >= 4 is 34.8 Å². The maximum Gasteiger partial charge on any atom is 0.300 e. The minimum Gasteiger partial charge on any atom is -0.507 e. The summed E-state index contributed by atoms with van der Waals surface area (Å²) in [7, 11) is 0. The van der Waals surface area contributed by atoms with Gasteiger partial charge in [-0.3, -0.25) is 24.1 Å². The van der Waals surface area contributed by atoms with E-state index in [0.717, 1.165) is 4.90 Å². The van der Waals surface area contributed by atoms with Crippen LogP contribution in [0.2, 0.25) is 0 Å². The largest absolute Gasteiger partial charge is 0.507 e. The molecule has 0 saturated carbocycles. The predicted molar refractivity (Wildman–Crippen MR) is 123 cm³/mol. The summed E-state index contributed by atoms with van der Waals surface area (Å²) in [6.07, 6.45) is 0.414. The first kappa shape index (κ1) is 21.6. The van der Waals surface area contributed by atoms with Crippen molar-refractivity contribution in [2.75, 3.05) is 4.90 Å². The van der Waals surface area contributed by atoms with Gasteiger partial charge in [0.2, 0.25) is 0 Å². The van der Waals surface area contributed by atoms with Crippen molar-refractivity contribution in [2.24, 2.45) is 5.41 Å². The van der Waals surface area contributed by atoms with E-state index in [1.807, 2.05) is 13.8 Å². The van der Waals surface area contributed by atoms with Crippen LogP contribution in [0, 0.1) is 5.41 Å². The van der Waals surface area contributed by atoms with Crippen molar-refractivity contribution in [3.8, 4) is 5.75 Å². The van der Waals surface area contributed by atoms with Crippen LogP contribution in [0.1, 0.15) is 32.3 Å². The fraction of sp³-hybridized carbons (Fsp3) is 0.231. The molecule has 3 N–H and O–H groups in total. The molecule has 8 nitrogen and oxygen atoms in total. The molecule has 1 spiro atoms. The Bertz CT molecular complexity index is 1350. The number of benzene rings is 2. The molecule has 172 valence electrons. The summed E-state index contributed by atoms with van der Waals surface area (Å²) in [5.74, 6) is -4.38. The molecule has 0 aromatic heterocycles. The molecule has 8 heteroatoms. The van der Waals surface area contributed by atoms with Gasteiger partial charge in [0.1, 0.15) is 11.5 Å². The number of ketones is 2. The van der Waals surface area contributed by atoms with E-state index in [0.29, 0.717) is 12.1 Å². The molecule has 5 rings (SSSR count). The van der Waals surface area contributed by atoms with Gasteiger partial charge in [0.15, 0.2) is 11.3 Å². The number of nitrogens with zero attached hydrogens (tertiary/aromatic N) is 1. The number of aliphatic hydroxyl groups is 1. The van der Waals surface area contributed by atoms with Crippen molar-refractivity contribution in [3.05, 3.63) is 77.0 Å². The van der Waals surface area contributed by atoms with Gasteiger partial charge in [-0.1, -0.05) is 56.3 Å². The SMILES string of the molecule is CC1(C)CC(=O)C2=C(C1)NC(=O)C21/C(=C(/O)c2ccccc2)C(=O)C(=O)N1c1ccccc1O. The molecule has 34 heavy (non-hydrogen) atoms. The zero-order valence-corrected chi connectivity index (χ0v) is 18.6. The van der Waals surface area contributed by atoms with Crippen LogP contribution >= 0.6 is 0 Å². The van der Waals surface area contributed by atoms with Crippen LogP contribution in [0.3, 0.4) is 0 Å². The molecular formula is C26H22N2O6. The molecule has 1 unspecified atom stereocenters. The van der Waals surface area contributed by atoms with E-state index >= 15 is 0 Å². The van der Waals surface area contributed by atoms with Crippen LogP contribution in [-0.4, -0.2) is 39.1 Å². The maximum absolute atomic E-state index is 13.8. The number of aliphatic hydroxyl groups excluding tert-OH is 1. The van der Waals surface area contributed by atoms with E-state index in [1.165, 1.54) is 36.4 Å². The number of hydrogen-bond donors (Lipinski definition) is 3. The summed E-state index contributed by atoms with van der Waals surface area (Å²) >= 11 is 0. The number of hydrogen-bond acceptors (Lipinski definition) is 6. The van der Waals surface area contributed by atoms with Gasteiger partial charge in [-0.05, 0) is 24.0 Å². The van der Waals surface area contributed by atoms with Crippen LogP contribution in [0.5, 0.6) is 5.75 Å². The van der Waals surface area contributed by atoms with Crippen molar-refractivity contribution in [2.45, 2.75) is 32.2 Å². The summed E-state index contributed by atoms with van der Waals surface area (Å²) in [5.41, 5.74) is -2.82. The normalized spacial score (nSPS) is 25.2. The van der Waals surface area contributed by atoms with Crippen LogP contribution in [0.15, 0.2) is 71.4 Å². The fourth-order valence-corrected chi connectivity index (χ4v) is 5.24. The number of anilines is 1. The molecule has 3 aliphatic rings. The van der Waals surface area contributed by atoms with Crippen molar-refractivity contribution < 1.29 is 29.4 Å². The third-order valence-corrected chi connectivity index (χ3v) is 6.56. The van der Waals surface area contributed by atoms with Crippen LogP contribution in [0.4, 0.5) is 5.69 Å². The molecule has 1 atom stereocenters. The molecule has 2 aliphatic heterocycles. The Morgan fingerprint density at radius 1 is 0.941 bits per heavy atom. The second-order valence-electron chi connectivity index (χ2n) is 9.51. The van der Waals surface area contributed by atoms with Gasteiger partial charge < -0.3 is 15.5 Å². The molecule has 2 heterocycles. The van der Waals surface area contributed by atoms with Gasteiger partial charge in [0.25, 0.3) is 11.7 Å². The Hall–Kier alpha value is -4.20. The van der Waals surface area contributed by atoms with Crippen LogP contribution in [-0.2, 0) is 19.2 Å². The molecular weight excluding hydrogens is 436 g/mol. The van der Waals surface area contributed by atoms with E-state index in [1.54, 1.807) is 18.2 Å². The average Bonchev–Trinajstić information content (AvgIpc) is 3.18. The summed E-state index contributed by atoms with van der Waals surface area (Å²) in [5, 5.41) is 24.6. The Balaban J connectivity index is 1.90. The van der Waals surface area contributed by atoms with E-state index in [4.69, 9.17) is 0 Å². The lowest BCUT2D eigenvalue weighted by Crippen LogP contribution is -2.56. The minimum atomic E-state index is -2.24. The highest BCUT2D eigenvalue weighted by molar-refractivity contribution is 6.56. The standard InChI is InChI=1S/C26H22N2O6/c1-25(2)12-15-19(18(30)13-25)26(24(34)27-15)20(21(31)14-8-4-3-5-9-14)22(32)23(33)28(26)16-10-6-7-11-17(16)29/h3-11,29,31H,12-13H2,1-2H3,(H,27,34)/b21-20+. The highest BCUT2D eigenvalue weighted by atomic mass is 16.3. The number of nitrogens with one attached hydrogen (secondary N) is 1. The summed E-state index contributed by atoms with van der Waals surface area (Å²) in [4.78, 5) is 55.0. The topological polar surface area (TPSA) is 124 Å². The van der Waals surface area contributed by atoms with Gasteiger partial charge in [-0.2, -0.15) is 0 Å². The maximum atomic E-state index is 13.8. The van der Waals surface area contributed by atoms with E-state index in [9.17, 15) is 29.4 Å². The number of carbonyl (C=O) groups excluding carboxylic acids is 4. The summed E-state index contributed by atoms with van der Waals surface area (Å²) < 4.78 is 0. The Morgan fingerprint density at radius 3 is 2.26 bits per heavy atom. The predicted octanol–water partition coefficient (Wildman–Crippen LogP) is 2.79. The van der Waals surface area contributed by atoms with E-state index < -0.39 is 45.7 Å². The second-order valence-corrected chi connectivity index (χ2v) is 9.51. The number of phenols is 1. The number of Topliss-reactive ketones (excluding diaryl/α,β-unsaturated/α-hetero) is 2. The molecule has 0 bridgehead atoms. The Kier molecular flexibility index (Phi) is 4.55. The lowest BCUT2D eigenvalue weighted by atomic mass is 9.70. The zero-order valence-electron chi connectivity index (χ0n) is 18.6. The molecule has 2 aromatic carbocycles. The average molecular weight is 458 g/mol. The first-order valence-corrected chi connectivity index (χ1v) is 10.8. The fourth-order valence-electron chi connectivity index (χ4n) is 5.24. The quantitative estimate of drug-likeness (QED) is 0.361. The molecule has 2 aromatic rings. The van der Waals surface area contributed by atoms with Crippen LogP contribution in [0.25, 0.3) is 5.76 Å². The van der Waals surface area contributed by atoms with E-state index in [2.05, 4.69) is 5.32 Å². The van der Waals surface area contributed by atoms with Gasteiger partial charge in [0, 0.05) is 17.7 Å². The van der Waals surface area contributed by atoms with Gasteiger partial charge in [-0.15, -0.1) is 0 Å². The van der Waals surface area contributed by atoms with Crippen LogP contribution < -0.4 is 10.2 Å². The Labute approximate surface area is 195 Å². The molecule has 1 saturated heterocycles. The number of rotatable bonds is 2. The lowest BCUT2D eigenvalue weighted by molar-refractivity contribution is -0.132. The Morgan fingerprint density at radius 2 is 1.59 bits per heavy atom. The minimum absolute atomic E-state index is 0.0447. The number of amides is 2. The second kappa shape index (κ2) is 7.15. The highest BCUT2D eigenvalue weighted by Gasteiger charge is 2.69. The van der Waals surface area contributed by atoms with Gasteiger partial charge in [-0.25, -0.2) is 0 Å². The third-order valence-electron chi connectivity index (χ3n) is 6.56. The number of carbonyl (C=O) groups is 4. The lowest BCUT2D eigenvalue weighted by Gasteiger charge is -2.37. The van der Waals surface area contributed by atoms with E-state index in [-0.39, 0.29) is 29.0 Å².